The van der Waals surface area contributed by atoms with Gasteiger partial charge in [0, 0.05) is 0 Å². The molecule has 0 aliphatic carbocycles. The topological polar surface area (TPSA) is 66.5 Å². The maximum absolute atomic E-state index is 14.0. The summed E-state index contributed by atoms with van der Waals surface area (Å²) in [5, 5.41) is 3.18. The number of para-hydroxylation sites is 1. The number of nitrogens with one attached hydrogen (secondary N) is 1. The van der Waals surface area contributed by atoms with Crippen LogP contribution < -0.4 is 9.62 Å². The number of carbonyl (C=O) groups excluding carboxylic acids is 1. The number of hydrogen-bond donors (Lipinski definition) is 1. The number of carbonyl (C=O) groups is 1. The lowest BCUT2D eigenvalue weighted by atomic mass is 9.96. The first kappa shape index (κ1) is 27.1. The van der Waals surface area contributed by atoms with E-state index in [1.165, 1.54) is 4.31 Å². The van der Waals surface area contributed by atoms with Crippen molar-refractivity contribution in [1.82, 2.24) is 5.32 Å². The molecule has 0 aromatic heterocycles. The van der Waals surface area contributed by atoms with Crippen LogP contribution in [-0.2, 0) is 16.6 Å². The number of amides is 1. The van der Waals surface area contributed by atoms with Crippen molar-refractivity contribution in [3.63, 3.8) is 0 Å². The van der Waals surface area contributed by atoms with Gasteiger partial charge in [0.1, 0.15) is 0 Å². The van der Waals surface area contributed by atoms with Crippen LogP contribution in [-0.4, -0.2) is 14.3 Å². The zero-order valence-corrected chi connectivity index (χ0v) is 22.9. The van der Waals surface area contributed by atoms with Crippen LogP contribution in [0, 0.1) is 12.8 Å². The molecule has 4 aromatic carbocycles. The van der Waals surface area contributed by atoms with Gasteiger partial charge in [-0.3, -0.25) is 9.10 Å². The van der Waals surface area contributed by atoms with Crippen LogP contribution in [0.25, 0.3) is 0 Å². The summed E-state index contributed by atoms with van der Waals surface area (Å²) in [5.74, 6) is 0.0412. The first-order valence-corrected chi connectivity index (χ1v) is 14.3. The molecule has 0 fully saturated rings. The largest absolute Gasteiger partial charge is 0.345 e. The van der Waals surface area contributed by atoms with Gasteiger partial charge < -0.3 is 5.32 Å². The van der Waals surface area contributed by atoms with Crippen LogP contribution in [0.2, 0.25) is 0 Å². The molecule has 1 N–H and O–H groups in total. The highest BCUT2D eigenvalue weighted by atomic mass is 32.2. The average Bonchev–Trinajstić information content (AvgIpc) is 2.92. The summed E-state index contributed by atoms with van der Waals surface area (Å²) < 4.78 is 29.3. The molecule has 5 nitrogen and oxygen atoms in total. The van der Waals surface area contributed by atoms with Crippen LogP contribution in [0.5, 0.6) is 0 Å². The fraction of sp³-hybridized carbons (Fsp3) is 0.219. The summed E-state index contributed by atoms with van der Waals surface area (Å²) in [7, 11) is -3.97. The molecule has 4 rings (SSSR count). The van der Waals surface area contributed by atoms with Crippen molar-refractivity contribution in [2.75, 3.05) is 4.31 Å². The van der Waals surface area contributed by atoms with E-state index in [1.54, 1.807) is 48.5 Å². The van der Waals surface area contributed by atoms with Crippen molar-refractivity contribution < 1.29 is 13.2 Å². The van der Waals surface area contributed by atoms with Crippen molar-refractivity contribution >= 4 is 21.6 Å². The molecule has 0 saturated carbocycles. The summed E-state index contributed by atoms with van der Waals surface area (Å²) in [6.07, 6.45) is 0.757. The highest BCUT2D eigenvalue weighted by molar-refractivity contribution is 7.92. The molecule has 0 radical (unpaired) electrons. The Bertz CT molecular complexity index is 1450. The SMILES string of the molecule is Cc1ccc(S(=O)(=O)N(Cc2ccccc2)c2ccccc2C(=O)N[C@H](CC(C)C)c2ccccc2)cc1. The first-order chi connectivity index (χ1) is 18.3. The second-order valence-electron chi connectivity index (χ2n) is 9.89. The first-order valence-electron chi connectivity index (χ1n) is 12.8. The second-order valence-corrected chi connectivity index (χ2v) is 11.8. The Morgan fingerprint density at radius 1 is 0.789 bits per heavy atom. The van der Waals surface area contributed by atoms with E-state index in [2.05, 4.69) is 19.2 Å². The van der Waals surface area contributed by atoms with E-state index in [-0.39, 0.29) is 23.4 Å². The molecule has 6 heteroatoms. The third kappa shape index (κ3) is 6.50. The third-order valence-electron chi connectivity index (χ3n) is 6.41. The normalized spacial score (nSPS) is 12.2. The quantitative estimate of drug-likeness (QED) is 0.244. The summed E-state index contributed by atoms with van der Waals surface area (Å²) in [4.78, 5) is 13.9. The van der Waals surface area contributed by atoms with E-state index < -0.39 is 10.0 Å². The van der Waals surface area contributed by atoms with E-state index in [1.807, 2.05) is 67.6 Å². The molecule has 1 atom stereocenters. The summed E-state index contributed by atoms with van der Waals surface area (Å²) in [6, 6.07) is 32.8. The maximum Gasteiger partial charge on any atom is 0.264 e. The van der Waals surface area contributed by atoms with Crippen molar-refractivity contribution in [1.29, 1.82) is 0 Å². The minimum atomic E-state index is -3.97. The van der Waals surface area contributed by atoms with Gasteiger partial charge in [0.2, 0.25) is 0 Å². The lowest BCUT2D eigenvalue weighted by Gasteiger charge is -2.28. The number of benzene rings is 4. The molecule has 0 bridgehead atoms. The van der Waals surface area contributed by atoms with E-state index in [0.717, 1.165) is 23.1 Å². The molecule has 0 aliphatic rings. The van der Waals surface area contributed by atoms with E-state index >= 15 is 0 Å². The van der Waals surface area contributed by atoms with Gasteiger partial charge in [-0.15, -0.1) is 0 Å². The Kier molecular flexibility index (Phi) is 8.64. The summed E-state index contributed by atoms with van der Waals surface area (Å²) >= 11 is 0. The molecule has 4 aromatic rings. The molecule has 0 saturated heterocycles. The smallest absolute Gasteiger partial charge is 0.264 e. The van der Waals surface area contributed by atoms with Crippen molar-refractivity contribution in [3.05, 3.63) is 131 Å². The highest BCUT2D eigenvalue weighted by Crippen LogP contribution is 2.30. The van der Waals surface area contributed by atoms with Gasteiger partial charge in [0.25, 0.3) is 15.9 Å². The van der Waals surface area contributed by atoms with E-state index in [0.29, 0.717) is 17.2 Å². The number of hydrogen-bond acceptors (Lipinski definition) is 3. The Labute approximate surface area is 226 Å². The van der Waals surface area contributed by atoms with Gasteiger partial charge in [-0.25, -0.2) is 8.42 Å². The van der Waals surface area contributed by atoms with E-state index in [9.17, 15) is 13.2 Å². The number of aryl methyl sites for hydroxylation is 1. The molecule has 0 spiro atoms. The average molecular weight is 527 g/mol. The van der Waals surface area contributed by atoms with Crippen LogP contribution in [0.3, 0.4) is 0 Å². The van der Waals surface area contributed by atoms with Gasteiger partial charge in [0.15, 0.2) is 0 Å². The summed E-state index contributed by atoms with van der Waals surface area (Å²) in [6.45, 7) is 6.24. The Morgan fingerprint density at radius 3 is 2.00 bits per heavy atom. The van der Waals surface area contributed by atoms with Gasteiger partial charge in [-0.2, -0.15) is 0 Å². The number of nitrogens with zero attached hydrogens (tertiary/aromatic N) is 1. The molecule has 0 unspecified atom stereocenters. The molecular weight excluding hydrogens is 492 g/mol. The fourth-order valence-electron chi connectivity index (χ4n) is 4.44. The Morgan fingerprint density at radius 2 is 1.37 bits per heavy atom. The standard InChI is InChI=1S/C32H34N2O3S/c1-24(2)22-30(27-14-8-5-9-15-27)33-32(35)29-16-10-11-17-31(29)34(23-26-12-6-4-7-13-26)38(36,37)28-20-18-25(3)19-21-28/h4-21,24,30H,22-23H2,1-3H3,(H,33,35)/t30-/m1/s1. The third-order valence-corrected chi connectivity index (χ3v) is 8.18. The number of sulfonamides is 1. The van der Waals surface area contributed by atoms with Crippen molar-refractivity contribution in [3.8, 4) is 0 Å². The second kappa shape index (κ2) is 12.1. The lowest BCUT2D eigenvalue weighted by molar-refractivity contribution is 0.0932. The van der Waals surface area contributed by atoms with E-state index in [4.69, 9.17) is 0 Å². The predicted molar refractivity (Wildman–Crippen MR) is 154 cm³/mol. The van der Waals surface area contributed by atoms with Gasteiger partial charge in [-0.05, 0) is 54.7 Å². The molecule has 38 heavy (non-hydrogen) atoms. The van der Waals surface area contributed by atoms with Crippen molar-refractivity contribution in [2.45, 2.75) is 44.7 Å². The Hall–Kier alpha value is -3.90. The predicted octanol–water partition coefficient (Wildman–Crippen LogP) is 6.91. The summed E-state index contributed by atoms with van der Waals surface area (Å²) in [5.41, 5.74) is 3.45. The minimum Gasteiger partial charge on any atom is -0.345 e. The maximum atomic E-state index is 14.0. The number of anilines is 1. The zero-order valence-electron chi connectivity index (χ0n) is 22.0. The molecule has 0 heterocycles. The zero-order chi connectivity index (χ0) is 27.1. The van der Waals surface area contributed by atoms with Crippen molar-refractivity contribution in [2.24, 2.45) is 5.92 Å². The molecule has 196 valence electrons. The fourth-order valence-corrected chi connectivity index (χ4v) is 5.91. The number of rotatable bonds is 10. The van der Waals surface area contributed by atoms with Crippen LogP contribution in [0.4, 0.5) is 5.69 Å². The molecular formula is C32H34N2O3S. The monoisotopic (exact) mass is 526 g/mol. The van der Waals surface area contributed by atoms with Crippen LogP contribution >= 0.6 is 0 Å². The molecule has 0 aliphatic heterocycles. The lowest BCUT2D eigenvalue weighted by Crippen LogP contribution is -2.35. The van der Waals surface area contributed by atoms with Gasteiger partial charge in [0.05, 0.1) is 28.7 Å². The Balaban J connectivity index is 1.76. The van der Waals surface area contributed by atoms with Crippen LogP contribution in [0.1, 0.15) is 53.4 Å². The minimum absolute atomic E-state index is 0.0927. The van der Waals surface area contributed by atoms with Gasteiger partial charge in [-0.1, -0.05) is 104 Å². The van der Waals surface area contributed by atoms with Gasteiger partial charge >= 0.3 is 0 Å². The van der Waals surface area contributed by atoms with Crippen LogP contribution in [0.15, 0.2) is 114 Å². The molecule has 1 amide bonds. The highest BCUT2D eigenvalue weighted by Gasteiger charge is 2.29.